The van der Waals surface area contributed by atoms with Crippen molar-refractivity contribution in [1.82, 2.24) is 0 Å². The van der Waals surface area contributed by atoms with E-state index in [1.807, 2.05) is 63.2 Å². The lowest BCUT2D eigenvalue weighted by Gasteiger charge is -2.15. The van der Waals surface area contributed by atoms with Gasteiger partial charge in [-0.25, -0.2) is 0 Å². The van der Waals surface area contributed by atoms with Gasteiger partial charge in [0.1, 0.15) is 11.5 Å². The predicted octanol–water partition coefficient (Wildman–Crippen LogP) is 4.23. The summed E-state index contributed by atoms with van der Waals surface area (Å²) in [6.45, 7) is 6.46. The first-order valence-electron chi connectivity index (χ1n) is 8.43. The van der Waals surface area contributed by atoms with Crippen molar-refractivity contribution in [3.8, 4) is 11.5 Å². The number of hydrogen-bond donors (Lipinski definition) is 2. The molecule has 0 heterocycles. The molecule has 0 radical (unpaired) electrons. The zero-order valence-electron chi connectivity index (χ0n) is 15.3. The lowest BCUT2D eigenvalue weighted by atomic mass is 10.2. The third kappa shape index (κ3) is 5.71. The molecule has 0 spiro atoms. The predicted molar refractivity (Wildman–Crippen MR) is 102 cm³/mol. The number of benzene rings is 2. The highest BCUT2D eigenvalue weighted by Gasteiger charge is 2.09. The zero-order chi connectivity index (χ0) is 18.2. The van der Waals surface area contributed by atoms with Crippen LogP contribution >= 0.6 is 0 Å². The Labute approximate surface area is 149 Å². The lowest BCUT2D eigenvalue weighted by Crippen LogP contribution is -2.17. The quantitative estimate of drug-likeness (QED) is 0.754. The van der Waals surface area contributed by atoms with E-state index in [0.717, 1.165) is 17.0 Å². The second-order valence-electron chi connectivity index (χ2n) is 6.09. The molecule has 0 saturated carbocycles. The molecule has 0 aliphatic carbocycles. The van der Waals surface area contributed by atoms with E-state index >= 15 is 0 Å². The molecule has 2 N–H and O–H groups in total. The van der Waals surface area contributed by atoms with Gasteiger partial charge in [0, 0.05) is 13.0 Å². The summed E-state index contributed by atoms with van der Waals surface area (Å²) in [6.07, 6.45) is 0.438. The highest BCUT2D eigenvalue weighted by atomic mass is 16.5. The molecule has 0 aliphatic rings. The Bertz CT molecular complexity index is 714. The number of para-hydroxylation sites is 2. The maximum absolute atomic E-state index is 12.2. The van der Waals surface area contributed by atoms with E-state index in [2.05, 4.69) is 10.6 Å². The Balaban J connectivity index is 1.90. The molecule has 0 atom stereocenters. The highest BCUT2D eigenvalue weighted by Crippen LogP contribution is 2.26. The molecule has 0 aromatic heterocycles. The van der Waals surface area contributed by atoms with Crippen molar-refractivity contribution < 1.29 is 14.3 Å². The van der Waals surface area contributed by atoms with Crippen LogP contribution in [0.3, 0.4) is 0 Å². The first-order valence-corrected chi connectivity index (χ1v) is 8.43. The molecular formula is C20H26N2O3. The zero-order valence-corrected chi connectivity index (χ0v) is 15.3. The van der Waals surface area contributed by atoms with Gasteiger partial charge in [-0.05, 0) is 50.6 Å². The summed E-state index contributed by atoms with van der Waals surface area (Å²) < 4.78 is 11.0. The number of carbonyl (C=O) groups is 1. The van der Waals surface area contributed by atoms with Gasteiger partial charge in [0.25, 0.3) is 0 Å². The molecule has 2 aromatic rings. The van der Waals surface area contributed by atoms with Crippen molar-refractivity contribution in [2.45, 2.75) is 33.3 Å². The van der Waals surface area contributed by atoms with Crippen LogP contribution in [-0.2, 0) is 4.79 Å². The van der Waals surface area contributed by atoms with Crippen molar-refractivity contribution in [3.05, 3.63) is 48.0 Å². The SMILES string of the molecule is COc1ccc(C)cc1NC(=O)CCNc1ccccc1OC(C)C. The molecule has 0 fully saturated rings. The van der Waals surface area contributed by atoms with E-state index in [-0.39, 0.29) is 12.0 Å². The summed E-state index contributed by atoms with van der Waals surface area (Å²) in [4.78, 5) is 12.2. The van der Waals surface area contributed by atoms with Crippen molar-refractivity contribution in [3.63, 3.8) is 0 Å². The summed E-state index contributed by atoms with van der Waals surface area (Å²) in [6, 6.07) is 13.4. The normalized spacial score (nSPS) is 10.4. The Kier molecular flexibility index (Phi) is 6.69. The largest absolute Gasteiger partial charge is 0.495 e. The molecule has 25 heavy (non-hydrogen) atoms. The fourth-order valence-corrected chi connectivity index (χ4v) is 2.41. The van der Waals surface area contributed by atoms with Crippen LogP contribution in [0.15, 0.2) is 42.5 Å². The minimum atomic E-state index is -0.0707. The number of rotatable bonds is 8. The molecule has 0 saturated heterocycles. The third-order valence-electron chi connectivity index (χ3n) is 3.55. The number of methoxy groups -OCH3 is 1. The van der Waals surface area contributed by atoms with Crippen molar-refractivity contribution in [1.29, 1.82) is 0 Å². The molecule has 1 amide bonds. The molecule has 134 valence electrons. The summed E-state index contributed by atoms with van der Waals surface area (Å²) >= 11 is 0. The molecule has 2 aromatic carbocycles. The Morgan fingerprint density at radius 3 is 2.56 bits per heavy atom. The van der Waals surface area contributed by atoms with E-state index in [4.69, 9.17) is 9.47 Å². The van der Waals surface area contributed by atoms with Crippen molar-refractivity contribution in [2.75, 3.05) is 24.3 Å². The van der Waals surface area contributed by atoms with Crippen LogP contribution in [-0.4, -0.2) is 25.7 Å². The van der Waals surface area contributed by atoms with Crippen LogP contribution < -0.4 is 20.1 Å². The van der Waals surface area contributed by atoms with E-state index < -0.39 is 0 Å². The van der Waals surface area contributed by atoms with Gasteiger partial charge >= 0.3 is 0 Å². The van der Waals surface area contributed by atoms with Gasteiger partial charge in [-0.2, -0.15) is 0 Å². The van der Waals surface area contributed by atoms with Gasteiger partial charge in [-0.1, -0.05) is 18.2 Å². The van der Waals surface area contributed by atoms with Crippen LogP contribution in [0.1, 0.15) is 25.8 Å². The van der Waals surface area contributed by atoms with Crippen LogP contribution in [0.5, 0.6) is 11.5 Å². The number of nitrogens with one attached hydrogen (secondary N) is 2. The molecule has 0 unspecified atom stereocenters. The second kappa shape index (κ2) is 8.97. The summed E-state index contributed by atoms with van der Waals surface area (Å²) in [7, 11) is 1.59. The summed E-state index contributed by atoms with van der Waals surface area (Å²) in [5, 5.41) is 6.16. The minimum absolute atomic E-state index is 0.0707. The molecule has 0 aliphatic heterocycles. The highest BCUT2D eigenvalue weighted by molar-refractivity contribution is 5.92. The number of amides is 1. The van der Waals surface area contributed by atoms with E-state index in [0.29, 0.717) is 24.4 Å². The maximum Gasteiger partial charge on any atom is 0.226 e. The van der Waals surface area contributed by atoms with Gasteiger partial charge < -0.3 is 20.1 Å². The topological polar surface area (TPSA) is 59.6 Å². The van der Waals surface area contributed by atoms with E-state index in [1.165, 1.54) is 0 Å². The van der Waals surface area contributed by atoms with Crippen LogP contribution in [0.25, 0.3) is 0 Å². The van der Waals surface area contributed by atoms with Crippen molar-refractivity contribution in [2.24, 2.45) is 0 Å². The standard InChI is InChI=1S/C20H26N2O3/c1-14(2)25-19-8-6-5-7-16(19)21-12-11-20(23)22-17-13-15(3)9-10-18(17)24-4/h5-10,13-14,21H,11-12H2,1-4H3,(H,22,23). The Morgan fingerprint density at radius 1 is 1.08 bits per heavy atom. The van der Waals surface area contributed by atoms with Gasteiger partial charge in [0.05, 0.1) is 24.6 Å². The molecule has 5 heteroatoms. The fourth-order valence-electron chi connectivity index (χ4n) is 2.41. The number of hydrogen-bond acceptors (Lipinski definition) is 4. The Morgan fingerprint density at radius 2 is 1.84 bits per heavy atom. The summed E-state index contributed by atoms with van der Waals surface area (Å²) in [5.41, 5.74) is 2.64. The smallest absolute Gasteiger partial charge is 0.226 e. The molecular weight excluding hydrogens is 316 g/mol. The van der Waals surface area contributed by atoms with Gasteiger partial charge in [0.15, 0.2) is 0 Å². The molecule has 2 rings (SSSR count). The van der Waals surface area contributed by atoms with Gasteiger partial charge in [0.2, 0.25) is 5.91 Å². The van der Waals surface area contributed by atoms with Gasteiger partial charge in [-0.3, -0.25) is 4.79 Å². The van der Waals surface area contributed by atoms with Gasteiger partial charge in [-0.15, -0.1) is 0 Å². The van der Waals surface area contributed by atoms with Crippen molar-refractivity contribution >= 4 is 17.3 Å². The Hall–Kier alpha value is -2.69. The van der Waals surface area contributed by atoms with Crippen LogP contribution in [0.4, 0.5) is 11.4 Å². The molecule has 0 bridgehead atoms. The van der Waals surface area contributed by atoms with E-state index in [9.17, 15) is 4.79 Å². The monoisotopic (exact) mass is 342 g/mol. The first kappa shape index (κ1) is 18.6. The van der Waals surface area contributed by atoms with Crippen LogP contribution in [0, 0.1) is 6.92 Å². The number of aryl methyl sites for hydroxylation is 1. The minimum Gasteiger partial charge on any atom is -0.495 e. The average molecular weight is 342 g/mol. The molecule has 5 nitrogen and oxygen atoms in total. The lowest BCUT2D eigenvalue weighted by molar-refractivity contribution is -0.116. The fraction of sp³-hybridized carbons (Fsp3) is 0.350. The number of anilines is 2. The average Bonchev–Trinajstić information content (AvgIpc) is 2.56. The number of carbonyl (C=O) groups excluding carboxylic acids is 1. The number of ether oxygens (including phenoxy) is 2. The first-order chi connectivity index (χ1) is 12.0. The van der Waals surface area contributed by atoms with E-state index in [1.54, 1.807) is 7.11 Å². The second-order valence-corrected chi connectivity index (χ2v) is 6.09. The van der Waals surface area contributed by atoms with Crippen LogP contribution in [0.2, 0.25) is 0 Å². The maximum atomic E-state index is 12.2. The third-order valence-corrected chi connectivity index (χ3v) is 3.55. The summed E-state index contributed by atoms with van der Waals surface area (Å²) in [5.74, 6) is 1.37.